The van der Waals surface area contributed by atoms with E-state index in [0.717, 1.165) is 5.56 Å². The van der Waals surface area contributed by atoms with Crippen LogP contribution in [0.5, 0.6) is 0 Å². The predicted octanol–water partition coefficient (Wildman–Crippen LogP) is 3.27. The SMILES string of the molecule is COC(=O)c1cc(C(=O)c2ccc(C)cc2)n2ccccc12. The number of esters is 1. The summed E-state index contributed by atoms with van der Waals surface area (Å²) in [7, 11) is 1.33. The number of hydrogen-bond donors (Lipinski definition) is 0. The fourth-order valence-corrected chi connectivity index (χ4v) is 2.45. The van der Waals surface area contributed by atoms with Crippen molar-refractivity contribution in [1.29, 1.82) is 0 Å². The first-order valence-corrected chi connectivity index (χ1v) is 6.91. The Labute approximate surface area is 128 Å². The molecule has 0 unspecified atom stereocenters. The van der Waals surface area contributed by atoms with Crippen LogP contribution in [0, 0.1) is 6.92 Å². The topological polar surface area (TPSA) is 47.8 Å². The van der Waals surface area contributed by atoms with Gasteiger partial charge >= 0.3 is 5.97 Å². The van der Waals surface area contributed by atoms with Crippen LogP contribution in [-0.2, 0) is 4.74 Å². The molecule has 22 heavy (non-hydrogen) atoms. The first-order chi connectivity index (χ1) is 10.6. The molecule has 1 aromatic carbocycles. The molecule has 3 aromatic rings. The minimum Gasteiger partial charge on any atom is -0.465 e. The van der Waals surface area contributed by atoms with E-state index in [1.807, 2.05) is 31.2 Å². The van der Waals surface area contributed by atoms with Gasteiger partial charge in [-0.05, 0) is 25.1 Å². The van der Waals surface area contributed by atoms with E-state index < -0.39 is 5.97 Å². The lowest BCUT2D eigenvalue weighted by Gasteiger charge is -2.03. The molecule has 2 heterocycles. The van der Waals surface area contributed by atoms with Crippen molar-refractivity contribution in [2.45, 2.75) is 6.92 Å². The lowest BCUT2D eigenvalue weighted by molar-refractivity contribution is 0.0603. The summed E-state index contributed by atoms with van der Waals surface area (Å²) >= 11 is 0. The van der Waals surface area contributed by atoms with Crippen LogP contribution in [0.4, 0.5) is 0 Å². The molecule has 110 valence electrons. The van der Waals surface area contributed by atoms with Gasteiger partial charge in [-0.2, -0.15) is 0 Å². The van der Waals surface area contributed by atoms with Crippen LogP contribution >= 0.6 is 0 Å². The van der Waals surface area contributed by atoms with Crippen LogP contribution in [0.3, 0.4) is 0 Å². The average molecular weight is 293 g/mol. The van der Waals surface area contributed by atoms with Gasteiger partial charge in [-0.25, -0.2) is 4.79 Å². The number of benzene rings is 1. The highest BCUT2D eigenvalue weighted by Gasteiger charge is 2.20. The molecule has 0 N–H and O–H groups in total. The number of methoxy groups -OCH3 is 1. The van der Waals surface area contributed by atoms with E-state index in [4.69, 9.17) is 4.74 Å². The molecule has 2 aromatic heterocycles. The van der Waals surface area contributed by atoms with Crippen molar-refractivity contribution in [3.05, 3.63) is 77.1 Å². The first kappa shape index (κ1) is 14.1. The molecule has 0 fully saturated rings. The van der Waals surface area contributed by atoms with E-state index in [1.54, 1.807) is 34.9 Å². The number of nitrogens with zero attached hydrogens (tertiary/aromatic N) is 1. The summed E-state index contributed by atoms with van der Waals surface area (Å²) in [4.78, 5) is 24.6. The highest BCUT2D eigenvalue weighted by atomic mass is 16.5. The summed E-state index contributed by atoms with van der Waals surface area (Å²) in [5, 5.41) is 0. The fourth-order valence-electron chi connectivity index (χ4n) is 2.45. The van der Waals surface area contributed by atoms with Gasteiger partial charge in [0.25, 0.3) is 0 Å². The Bertz CT molecular complexity index is 860. The van der Waals surface area contributed by atoms with E-state index in [2.05, 4.69) is 0 Å². The normalized spacial score (nSPS) is 10.6. The maximum absolute atomic E-state index is 12.7. The van der Waals surface area contributed by atoms with Gasteiger partial charge in [-0.3, -0.25) is 4.79 Å². The molecule has 0 saturated heterocycles. The number of pyridine rings is 1. The van der Waals surface area contributed by atoms with Crippen LogP contribution in [0.1, 0.15) is 32.0 Å². The van der Waals surface area contributed by atoms with Crippen LogP contribution in [-0.4, -0.2) is 23.3 Å². The van der Waals surface area contributed by atoms with Crippen molar-refractivity contribution >= 4 is 17.3 Å². The van der Waals surface area contributed by atoms with Gasteiger partial charge in [0.05, 0.1) is 23.9 Å². The summed E-state index contributed by atoms with van der Waals surface area (Å²) in [6.45, 7) is 1.97. The average Bonchev–Trinajstić information content (AvgIpc) is 2.94. The zero-order valence-corrected chi connectivity index (χ0v) is 12.4. The Kier molecular flexibility index (Phi) is 3.51. The number of ketones is 1. The highest BCUT2D eigenvalue weighted by molar-refractivity contribution is 6.11. The molecule has 0 amide bonds. The number of aryl methyl sites for hydroxylation is 1. The van der Waals surface area contributed by atoms with Crippen LogP contribution in [0.25, 0.3) is 5.52 Å². The van der Waals surface area contributed by atoms with Crippen LogP contribution < -0.4 is 0 Å². The molecular weight excluding hydrogens is 278 g/mol. The van der Waals surface area contributed by atoms with Gasteiger partial charge in [0.15, 0.2) is 0 Å². The van der Waals surface area contributed by atoms with Crippen LogP contribution in [0.2, 0.25) is 0 Å². The quantitative estimate of drug-likeness (QED) is 0.550. The summed E-state index contributed by atoms with van der Waals surface area (Å²) in [5.74, 6) is -0.581. The summed E-state index contributed by atoms with van der Waals surface area (Å²) in [6.07, 6.45) is 1.77. The maximum atomic E-state index is 12.7. The molecule has 3 rings (SSSR count). The van der Waals surface area contributed by atoms with Gasteiger partial charge < -0.3 is 9.14 Å². The monoisotopic (exact) mass is 293 g/mol. The van der Waals surface area contributed by atoms with E-state index >= 15 is 0 Å². The number of fused-ring (bicyclic) bond motifs is 1. The van der Waals surface area contributed by atoms with E-state index in [1.165, 1.54) is 7.11 Å². The van der Waals surface area contributed by atoms with Crippen molar-refractivity contribution in [2.24, 2.45) is 0 Å². The molecule has 0 aliphatic carbocycles. The second-order valence-electron chi connectivity index (χ2n) is 5.09. The summed E-state index contributed by atoms with van der Waals surface area (Å²) < 4.78 is 6.51. The molecule has 0 saturated carbocycles. The second-order valence-corrected chi connectivity index (χ2v) is 5.09. The minimum atomic E-state index is -0.452. The number of ether oxygens (including phenoxy) is 1. The molecule has 0 atom stereocenters. The third kappa shape index (κ3) is 2.29. The van der Waals surface area contributed by atoms with Gasteiger partial charge in [0, 0.05) is 11.8 Å². The van der Waals surface area contributed by atoms with Crippen molar-refractivity contribution in [2.75, 3.05) is 7.11 Å². The fraction of sp³-hybridized carbons (Fsp3) is 0.111. The van der Waals surface area contributed by atoms with E-state index in [-0.39, 0.29) is 5.78 Å². The lowest BCUT2D eigenvalue weighted by Crippen LogP contribution is -2.04. The van der Waals surface area contributed by atoms with E-state index in [0.29, 0.717) is 22.3 Å². The maximum Gasteiger partial charge on any atom is 0.340 e. The third-order valence-electron chi connectivity index (χ3n) is 3.63. The van der Waals surface area contributed by atoms with Crippen LogP contribution in [0.15, 0.2) is 54.7 Å². The molecule has 0 bridgehead atoms. The largest absolute Gasteiger partial charge is 0.465 e. The van der Waals surface area contributed by atoms with Crippen molar-refractivity contribution in [1.82, 2.24) is 4.40 Å². The number of aromatic nitrogens is 1. The molecule has 0 radical (unpaired) electrons. The first-order valence-electron chi connectivity index (χ1n) is 6.91. The zero-order valence-electron chi connectivity index (χ0n) is 12.4. The Balaban J connectivity index is 2.16. The summed E-state index contributed by atoms with van der Waals surface area (Å²) in [6, 6.07) is 14.4. The number of carbonyl (C=O) groups is 2. The Morgan fingerprint density at radius 3 is 2.45 bits per heavy atom. The number of hydrogen-bond acceptors (Lipinski definition) is 3. The van der Waals surface area contributed by atoms with Crippen molar-refractivity contribution in [3.8, 4) is 0 Å². The Hall–Kier alpha value is -2.88. The second kappa shape index (κ2) is 5.48. The molecule has 0 aliphatic heterocycles. The molecule has 0 aliphatic rings. The van der Waals surface area contributed by atoms with Gasteiger partial charge in [0.2, 0.25) is 5.78 Å². The standard InChI is InChI=1S/C18H15NO3/c1-12-6-8-13(9-7-12)17(20)16-11-14(18(21)22-2)15-5-3-4-10-19(15)16/h3-11H,1-2H3. The van der Waals surface area contributed by atoms with E-state index in [9.17, 15) is 9.59 Å². The Morgan fingerprint density at radius 2 is 1.77 bits per heavy atom. The molecule has 4 nitrogen and oxygen atoms in total. The molecule has 0 spiro atoms. The molecular formula is C18H15NO3. The van der Waals surface area contributed by atoms with Crippen molar-refractivity contribution < 1.29 is 14.3 Å². The zero-order chi connectivity index (χ0) is 15.7. The van der Waals surface area contributed by atoms with Gasteiger partial charge in [-0.1, -0.05) is 35.9 Å². The lowest BCUT2D eigenvalue weighted by atomic mass is 10.1. The third-order valence-corrected chi connectivity index (χ3v) is 3.63. The van der Waals surface area contributed by atoms with Gasteiger partial charge in [0.1, 0.15) is 0 Å². The minimum absolute atomic E-state index is 0.128. The van der Waals surface area contributed by atoms with Crippen molar-refractivity contribution in [3.63, 3.8) is 0 Å². The number of carbonyl (C=O) groups excluding carboxylic acids is 2. The summed E-state index contributed by atoms with van der Waals surface area (Å²) in [5.41, 5.74) is 3.17. The smallest absolute Gasteiger partial charge is 0.340 e. The Morgan fingerprint density at radius 1 is 1.05 bits per heavy atom. The van der Waals surface area contributed by atoms with Gasteiger partial charge in [-0.15, -0.1) is 0 Å². The molecule has 4 heteroatoms. The predicted molar refractivity (Wildman–Crippen MR) is 83.3 cm³/mol. The highest BCUT2D eigenvalue weighted by Crippen LogP contribution is 2.21. The number of rotatable bonds is 3.